The molecule has 0 unspecified atom stereocenters. The van der Waals surface area contributed by atoms with Gasteiger partial charge in [0.2, 0.25) is 5.91 Å². The highest BCUT2D eigenvalue weighted by Crippen LogP contribution is 2.25. The lowest BCUT2D eigenvalue weighted by Gasteiger charge is -2.31. The van der Waals surface area contributed by atoms with Gasteiger partial charge in [0.25, 0.3) is 0 Å². The molecule has 0 spiro atoms. The second kappa shape index (κ2) is 6.40. The first-order chi connectivity index (χ1) is 10.7. The number of likely N-dealkylation sites (tertiary alicyclic amines) is 1. The Bertz CT molecular complexity index is 657. The van der Waals surface area contributed by atoms with Crippen molar-refractivity contribution in [3.8, 4) is 5.75 Å². The van der Waals surface area contributed by atoms with E-state index in [1.54, 1.807) is 7.11 Å². The van der Waals surface area contributed by atoms with Crippen molar-refractivity contribution in [2.45, 2.75) is 19.3 Å². The van der Waals surface area contributed by atoms with E-state index in [1.165, 1.54) is 0 Å². The maximum Gasteiger partial charge on any atom is 0.227 e. The minimum absolute atomic E-state index is 0.153. The predicted molar refractivity (Wildman–Crippen MR) is 84.9 cm³/mol. The van der Waals surface area contributed by atoms with Crippen LogP contribution in [0.25, 0.3) is 10.9 Å². The molecule has 22 heavy (non-hydrogen) atoms. The van der Waals surface area contributed by atoms with Crippen molar-refractivity contribution in [2.24, 2.45) is 5.92 Å². The van der Waals surface area contributed by atoms with Crippen molar-refractivity contribution in [1.29, 1.82) is 0 Å². The van der Waals surface area contributed by atoms with Gasteiger partial charge in [0, 0.05) is 36.8 Å². The Morgan fingerprint density at radius 2 is 2.18 bits per heavy atom. The Morgan fingerprint density at radius 1 is 1.41 bits per heavy atom. The van der Waals surface area contributed by atoms with Crippen molar-refractivity contribution in [1.82, 2.24) is 9.88 Å². The van der Waals surface area contributed by atoms with E-state index in [4.69, 9.17) is 4.74 Å². The number of hydrogen-bond acceptors (Lipinski definition) is 3. The summed E-state index contributed by atoms with van der Waals surface area (Å²) >= 11 is 0. The van der Waals surface area contributed by atoms with E-state index in [1.807, 2.05) is 29.3 Å². The van der Waals surface area contributed by atoms with Gasteiger partial charge in [-0.1, -0.05) is 0 Å². The number of aromatic nitrogens is 1. The number of aliphatic hydroxyl groups is 1. The second-order valence-corrected chi connectivity index (χ2v) is 5.91. The van der Waals surface area contributed by atoms with Crippen LogP contribution in [0, 0.1) is 5.92 Å². The van der Waals surface area contributed by atoms with Crippen LogP contribution in [0.15, 0.2) is 24.4 Å². The first kappa shape index (κ1) is 14.9. The molecule has 1 amide bonds. The van der Waals surface area contributed by atoms with Gasteiger partial charge in [-0.3, -0.25) is 4.79 Å². The van der Waals surface area contributed by atoms with Gasteiger partial charge in [-0.05, 0) is 42.5 Å². The smallest absolute Gasteiger partial charge is 0.227 e. The number of piperidine rings is 1. The summed E-state index contributed by atoms with van der Waals surface area (Å²) in [6.45, 7) is 1.72. The van der Waals surface area contributed by atoms with Crippen LogP contribution in [0.3, 0.4) is 0 Å². The number of carbonyl (C=O) groups excluding carboxylic acids is 1. The molecule has 1 saturated heterocycles. The van der Waals surface area contributed by atoms with E-state index in [0.717, 1.165) is 48.1 Å². The third kappa shape index (κ3) is 2.95. The van der Waals surface area contributed by atoms with Gasteiger partial charge in [-0.2, -0.15) is 0 Å². The number of benzene rings is 1. The summed E-state index contributed by atoms with van der Waals surface area (Å²) in [5.74, 6) is 1.30. The number of aromatic amines is 1. The molecule has 1 aromatic heterocycles. The van der Waals surface area contributed by atoms with Gasteiger partial charge in [0.1, 0.15) is 5.75 Å². The number of fused-ring (bicyclic) bond motifs is 1. The number of ether oxygens (including phenoxy) is 1. The third-order valence-corrected chi connectivity index (χ3v) is 4.54. The lowest BCUT2D eigenvalue weighted by atomic mass is 9.97. The standard InChI is InChI=1S/C17H22N2O3/c1-22-14-2-3-16-15(9-14)13(10-18-16)8-17(21)19-6-4-12(11-20)5-7-19/h2-3,9-10,12,18,20H,4-8,11H2,1H3. The Hall–Kier alpha value is -2.01. The number of rotatable bonds is 4. The van der Waals surface area contributed by atoms with Gasteiger partial charge in [0.15, 0.2) is 0 Å². The number of nitrogens with zero attached hydrogens (tertiary/aromatic N) is 1. The van der Waals surface area contributed by atoms with Gasteiger partial charge in [-0.15, -0.1) is 0 Å². The number of hydrogen-bond donors (Lipinski definition) is 2. The van der Waals surface area contributed by atoms with Gasteiger partial charge >= 0.3 is 0 Å². The van der Waals surface area contributed by atoms with E-state index < -0.39 is 0 Å². The van der Waals surface area contributed by atoms with Crippen LogP contribution in [-0.4, -0.2) is 47.7 Å². The molecule has 5 heteroatoms. The summed E-state index contributed by atoms with van der Waals surface area (Å²) in [5, 5.41) is 10.2. The molecule has 0 saturated carbocycles. The van der Waals surface area contributed by atoms with Crippen LogP contribution < -0.4 is 4.74 Å². The van der Waals surface area contributed by atoms with Crippen LogP contribution >= 0.6 is 0 Å². The number of aliphatic hydroxyl groups excluding tert-OH is 1. The minimum Gasteiger partial charge on any atom is -0.497 e. The van der Waals surface area contributed by atoms with E-state index >= 15 is 0 Å². The highest BCUT2D eigenvalue weighted by molar-refractivity contribution is 5.89. The monoisotopic (exact) mass is 302 g/mol. The van der Waals surface area contributed by atoms with Crippen molar-refractivity contribution in [3.63, 3.8) is 0 Å². The molecular formula is C17H22N2O3. The summed E-state index contributed by atoms with van der Waals surface area (Å²) in [6, 6.07) is 5.84. The number of amides is 1. The highest BCUT2D eigenvalue weighted by Gasteiger charge is 2.22. The SMILES string of the molecule is COc1ccc2[nH]cc(CC(=O)N3CCC(CO)CC3)c2c1. The van der Waals surface area contributed by atoms with Crippen LogP contribution in [0.5, 0.6) is 5.75 Å². The first-order valence-corrected chi connectivity index (χ1v) is 7.74. The topological polar surface area (TPSA) is 65.6 Å². The summed E-state index contributed by atoms with van der Waals surface area (Å²) in [4.78, 5) is 17.6. The minimum atomic E-state index is 0.153. The average Bonchev–Trinajstić information content (AvgIpc) is 2.97. The fraction of sp³-hybridized carbons (Fsp3) is 0.471. The van der Waals surface area contributed by atoms with Crippen LogP contribution in [-0.2, 0) is 11.2 Å². The Morgan fingerprint density at radius 3 is 2.86 bits per heavy atom. The van der Waals surface area contributed by atoms with Gasteiger partial charge in [0.05, 0.1) is 13.5 Å². The lowest BCUT2D eigenvalue weighted by Crippen LogP contribution is -2.39. The zero-order valence-corrected chi connectivity index (χ0v) is 12.8. The molecule has 1 aliphatic heterocycles. The largest absolute Gasteiger partial charge is 0.497 e. The molecular weight excluding hydrogens is 280 g/mol. The normalized spacial score (nSPS) is 16.2. The van der Waals surface area contributed by atoms with E-state index in [0.29, 0.717) is 12.3 Å². The molecule has 0 aliphatic carbocycles. The Balaban J connectivity index is 1.71. The molecule has 118 valence electrons. The molecule has 1 aromatic carbocycles. The molecule has 2 heterocycles. The van der Waals surface area contributed by atoms with E-state index in [2.05, 4.69) is 4.98 Å². The van der Waals surface area contributed by atoms with Gasteiger partial charge in [-0.25, -0.2) is 0 Å². The van der Waals surface area contributed by atoms with Crippen LogP contribution in [0.1, 0.15) is 18.4 Å². The molecule has 5 nitrogen and oxygen atoms in total. The average molecular weight is 302 g/mol. The zero-order chi connectivity index (χ0) is 15.5. The predicted octanol–water partition coefficient (Wildman–Crippen LogP) is 1.95. The number of methoxy groups -OCH3 is 1. The summed E-state index contributed by atoms with van der Waals surface area (Å²) in [5.41, 5.74) is 2.02. The molecule has 0 radical (unpaired) electrons. The van der Waals surface area contributed by atoms with Gasteiger partial charge < -0.3 is 19.7 Å². The zero-order valence-electron chi connectivity index (χ0n) is 12.8. The molecule has 1 fully saturated rings. The number of carbonyl (C=O) groups is 1. The maximum atomic E-state index is 12.5. The summed E-state index contributed by atoms with van der Waals surface area (Å²) in [6.07, 6.45) is 4.09. The first-order valence-electron chi connectivity index (χ1n) is 7.74. The third-order valence-electron chi connectivity index (χ3n) is 4.54. The second-order valence-electron chi connectivity index (χ2n) is 5.91. The highest BCUT2D eigenvalue weighted by atomic mass is 16.5. The number of nitrogens with one attached hydrogen (secondary N) is 1. The van der Waals surface area contributed by atoms with E-state index in [-0.39, 0.29) is 12.5 Å². The molecule has 0 atom stereocenters. The fourth-order valence-electron chi connectivity index (χ4n) is 3.07. The Kier molecular flexibility index (Phi) is 4.34. The fourth-order valence-corrected chi connectivity index (χ4v) is 3.07. The van der Waals surface area contributed by atoms with Crippen molar-refractivity contribution in [3.05, 3.63) is 30.0 Å². The summed E-state index contributed by atoms with van der Waals surface area (Å²) < 4.78 is 5.26. The lowest BCUT2D eigenvalue weighted by molar-refractivity contribution is -0.132. The Labute approximate surface area is 129 Å². The summed E-state index contributed by atoms with van der Waals surface area (Å²) in [7, 11) is 1.64. The molecule has 1 aliphatic rings. The quantitative estimate of drug-likeness (QED) is 0.907. The maximum absolute atomic E-state index is 12.5. The van der Waals surface area contributed by atoms with Crippen molar-refractivity contribution < 1.29 is 14.6 Å². The molecule has 0 bridgehead atoms. The number of H-pyrrole nitrogens is 1. The molecule has 2 N–H and O–H groups in total. The van der Waals surface area contributed by atoms with E-state index in [9.17, 15) is 9.90 Å². The van der Waals surface area contributed by atoms with Crippen molar-refractivity contribution >= 4 is 16.8 Å². The molecule has 2 aromatic rings. The van der Waals surface area contributed by atoms with Crippen LogP contribution in [0.2, 0.25) is 0 Å². The van der Waals surface area contributed by atoms with Crippen molar-refractivity contribution in [2.75, 3.05) is 26.8 Å². The molecule has 3 rings (SSSR count). The van der Waals surface area contributed by atoms with Crippen LogP contribution in [0.4, 0.5) is 0 Å².